The molecule has 0 spiro atoms. The predicted molar refractivity (Wildman–Crippen MR) is 108 cm³/mol. The number of nitrogens with zero attached hydrogens (tertiary/aromatic N) is 3. The summed E-state index contributed by atoms with van der Waals surface area (Å²) in [5, 5.41) is 9.33. The maximum atomic E-state index is 13.0. The molecule has 0 amide bonds. The van der Waals surface area contributed by atoms with Gasteiger partial charge in [-0.15, -0.1) is 16.8 Å². The fourth-order valence-electron chi connectivity index (χ4n) is 2.69. The van der Waals surface area contributed by atoms with Gasteiger partial charge in [-0.25, -0.2) is 4.39 Å². The third-order valence-corrected chi connectivity index (χ3v) is 5.09. The first-order valence-electron chi connectivity index (χ1n) is 8.78. The summed E-state index contributed by atoms with van der Waals surface area (Å²) >= 11 is 1.58. The van der Waals surface area contributed by atoms with Crippen LogP contribution in [0, 0.1) is 12.7 Å². The number of hydrogen-bond acceptors (Lipinski definition) is 5. The Morgan fingerprint density at radius 2 is 1.96 bits per heavy atom. The molecule has 0 aliphatic heterocycles. The van der Waals surface area contributed by atoms with E-state index in [2.05, 4.69) is 29.8 Å². The summed E-state index contributed by atoms with van der Waals surface area (Å²) in [4.78, 5) is 0. The first-order chi connectivity index (χ1) is 13.6. The molecule has 0 aliphatic rings. The van der Waals surface area contributed by atoms with E-state index in [4.69, 9.17) is 9.47 Å². The molecular weight excluding hydrogens is 377 g/mol. The number of benzene rings is 2. The Morgan fingerprint density at radius 3 is 2.68 bits per heavy atom. The first-order valence-corrected chi connectivity index (χ1v) is 9.77. The Bertz CT molecular complexity index is 941. The van der Waals surface area contributed by atoms with Gasteiger partial charge in [0.2, 0.25) is 0 Å². The zero-order chi connectivity index (χ0) is 19.9. The van der Waals surface area contributed by atoms with Gasteiger partial charge >= 0.3 is 0 Å². The van der Waals surface area contributed by atoms with E-state index in [0.717, 1.165) is 16.5 Å². The standard InChI is InChI=1S/C21H22FN3O2S/c1-4-11-25-20(13-27-18-8-6-17(22)7-9-18)23-24-21(25)28-14-16-12-15(2)5-10-19(16)26-3/h4-10,12H,1,11,13-14H2,2-3H3. The maximum absolute atomic E-state index is 13.0. The molecule has 2 aromatic carbocycles. The predicted octanol–water partition coefficient (Wildman–Crippen LogP) is 4.79. The van der Waals surface area contributed by atoms with Crippen molar-refractivity contribution in [2.75, 3.05) is 7.11 Å². The van der Waals surface area contributed by atoms with Crippen LogP contribution in [0.4, 0.5) is 4.39 Å². The van der Waals surface area contributed by atoms with Crippen molar-refractivity contribution in [2.45, 2.75) is 31.0 Å². The Kier molecular flexibility index (Phi) is 6.71. The summed E-state index contributed by atoms with van der Waals surface area (Å²) in [7, 11) is 1.67. The molecule has 0 atom stereocenters. The molecule has 0 saturated heterocycles. The van der Waals surface area contributed by atoms with Crippen LogP contribution in [-0.2, 0) is 18.9 Å². The third-order valence-electron chi connectivity index (χ3n) is 4.08. The average molecular weight is 399 g/mol. The molecule has 28 heavy (non-hydrogen) atoms. The SMILES string of the molecule is C=CCn1c(COc2ccc(F)cc2)nnc1SCc1cc(C)ccc1OC. The Hall–Kier alpha value is -2.80. The summed E-state index contributed by atoms with van der Waals surface area (Å²) in [6.45, 7) is 6.68. The summed E-state index contributed by atoms with van der Waals surface area (Å²) in [6, 6.07) is 12.0. The number of halogens is 1. The van der Waals surface area contributed by atoms with Crippen molar-refractivity contribution in [3.63, 3.8) is 0 Å². The van der Waals surface area contributed by atoms with Crippen LogP contribution in [0.2, 0.25) is 0 Å². The molecule has 5 nitrogen and oxygen atoms in total. The number of methoxy groups -OCH3 is 1. The smallest absolute Gasteiger partial charge is 0.191 e. The van der Waals surface area contributed by atoms with Crippen molar-refractivity contribution in [3.05, 3.63) is 77.9 Å². The minimum Gasteiger partial charge on any atom is -0.496 e. The molecule has 7 heteroatoms. The van der Waals surface area contributed by atoms with Gasteiger partial charge in [0.05, 0.1) is 7.11 Å². The lowest BCUT2D eigenvalue weighted by atomic mass is 10.1. The van der Waals surface area contributed by atoms with E-state index in [0.29, 0.717) is 23.9 Å². The van der Waals surface area contributed by atoms with Crippen LogP contribution in [-0.4, -0.2) is 21.9 Å². The van der Waals surface area contributed by atoms with Crippen molar-refractivity contribution in [1.29, 1.82) is 0 Å². The topological polar surface area (TPSA) is 49.2 Å². The van der Waals surface area contributed by atoms with Crippen molar-refractivity contribution < 1.29 is 13.9 Å². The van der Waals surface area contributed by atoms with Crippen LogP contribution in [0.25, 0.3) is 0 Å². The lowest BCUT2D eigenvalue weighted by Crippen LogP contribution is -2.07. The molecule has 0 unspecified atom stereocenters. The normalized spacial score (nSPS) is 10.7. The van der Waals surface area contributed by atoms with Crippen molar-refractivity contribution >= 4 is 11.8 Å². The van der Waals surface area contributed by atoms with E-state index in [-0.39, 0.29) is 12.4 Å². The number of thioether (sulfide) groups is 1. The number of aromatic nitrogens is 3. The number of allylic oxidation sites excluding steroid dienone is 1. The highest BCUT2D eigenvalue weighted by molar-refractivity contribution is 7.98. The van der Waals surface area contributed by atoms with Crippen LogP contribution in [0.1, 0.15) is 17.0 Å². The molecule has 1 heterocycles. The van der Waals surface area contributed by atoms with Gasteiger partial charge < -0.3 is 9.47 Å². The first kappa shape index (κ1) is 19.9. The maximum Gasteiger partial charge on any atom is 0.191 e. The Balaban J connectivity index is 1.72. The molecule has 3 aromatic rings. The van der Waals surface area contributed by atoms with Gasteiger partial charge in [0.15, 0.2) is 11.0 Å². The molecule has 1 aromatic heterocycles. The molecule has 0 bridgehead atoms. The van der Waals surface area contributed by atoms with Gasteiger partial charge in [-0.2, -0.15) is 0 Å². The third kappa shape index (κ3) is 4.92. The minimum atomic E-state index is -0.299. The summed E-state index contributed by atoms with van der Waals surface area (Å²) in [6.07, 6.45) is 1.79. The molecule has 146 valence electrons. The van der Waals surface area contributed by atoms with Gasteiger partial charge in [0.25, 0.3) is 0 Å². The van der Waals surface area contributed by atoms with Gasteiger partial charge in [0, 0.05) is 17.9 Å². The fraction of sp³-hybridized carbons (Fsp3) is 0.238. The lowest BCUT2D eigenvalue weighted by Gasteiger charge is -2.11. The highest BCUT2D eigenvalue weighted by Gasteiger charge is 2.14. The lowest BCUT2D eigenvalue weighted by molar-refractivity contribution is 0.288. The van der Waals surface area contributed by atoms with Crippen molar-refractivity contribution in [3.8, 4) is 11.5 Å². The monoisotopic (exact) mass is 399 g/mol. The molecule has 3 rings (SSSR count). The fourth-order valence-corrected chi connectivity index (χ4v) is 3.63. The zero-order valence-corrected chi connectivity index (χ0v) is 16.7. The van der Waals surface area contributed by atoms with E-state index < -0.39 is 0 Å². The minimum absolute atomic E-state index is 0.237. The van der Waals surface area contributed by atoms with Crippen molar-refractivity contribution in [2.24, 2.45) is 0 Å². The van der Waals surface area contributed by atoms with Crippen LogP contribution < -0.4 is 9.47 Å². The van der Waals surface area contributed by atoms with Gasteiger partial charge in [-0.05, 0) is 37.3 Å². The second kappa shape index (κ2) is 9.41. The number of ether oxygens (including phenoxy) is 2. The number of aryl methyl sites for hydroxylation is 1. The van der Waals surface area contributed by atoms with E-state index in [1.807, 2.05) is 16.7 Å². The summed E-state index contributed by atoms with van der Waals surface area (Å²) in [5.74, 6) is 2.52. The molecular formula is C21H22FN3O2S. The van der Waals surface area contributed by atoms with Gasteiger partial charge in [0.1, 0.15) is 23.9 Å². The quantitative estimate of drug-likeness (QED) is 0.382. The van der Waals surface area contributed by atoms with E-state index in [9.17, 15) is 4.39 Å². The highest BCUT2D eigenvalue weighted by Crippen LogP contribution is 2.28. The molecule has 0 fully saturated rings. The van der Waals surface area contributed by atoms with E-state index >= 15 is 0 Å². The molecule has 0 N–H and O–H groups in total. The van der Waals surface area contributed by atoms with E-state index in [1.165, 1.54) is 17.7 Å². The van der Waals surface area contributed by atoms with Crippen LogP contribution in [0.5, 0.6) is 11.5 Å². The summed E-state index contributed by atoms with van der Waals surface area (Å²) < 4.78 is 26.1. The molecule has 0 saturated carbocycles. The Morgan fingerprint density at radius 1 is 1.18 bits per heavy atom. The van der Waals surface area contributed by atoms with Gasteiger partial charge in [-0.1, -0.05) is 35.5 Å². The van der Waals surface area contributed by atoms with Gasteiger partial charge in [-0.3, -0.25) is 4.57 Å². The number of rotatable bonds is 9. The van der Waals surface area contributed by atoms with E-state index in [1.54, 1.807) is 37.1 Å². The van der Waals surface area contributed by atoms with Crippen LogP contribution in [0.3, 0.4) is 0 Å². The Labute approximate surface area is 168 Å². The highest BCUT2D eigenvalue weighted by atomic mass is 32.2. The average Bonchev–Trinajstić information content (AvgIpc) is 3.08. The molecule has 0 aliphatic carbocycles. The second-order valence-corrected chi connectivity index (χ2v) is 7.09. The largest absolute Gasteiger partial charge is 0.496 e. The van der Waals surface area contributed by atoms with Crippen LogP contribution in [0.15, 0.2) is 60.3 Å². The molecule has 0 radical (unpaired) electrons. The van der Waals surface area contributed by atoms with Crippen molar-refractivity contribution in [1.82, 2.24) is 14.8 Å². The summed E-state index contributed by atoms with van der Waals surface area (Å²) in [5.41, 5.74) is 2.28. The zero-order valence-electron chi connectivity index (χ0n) is 15.9. The van der Waals surface area contributed by atoms with Crippen LogP contribution >= 0.6 is 11.8 Å². The second-order valence-electron chi connectivity index (χ2n) is 6.14. The number of hydrogen-bond donors (Lipinski definition) is 0.